The lowest BCUT2D eigenvalue weighted by Gasteiger charge is -2.24. The summed E-state index contributed by atoms with van der Waals surface area (Å²) in [5, 5.41) is 11.6. The van der Waals surface area contributed by atoms with Gasteiger partial charge in [0.2, 0.25) is 5.91 Å². The summed E-state index contributed by atoms with van der Waals surface area (Å²) >= 11 is 0. The van der Waals surface area contributed by atoms with Crippen LogP contribution in [0.5, 0.6) is 0 Å². The normalized spacial score (nSPS) is 19.6. The molecule has 20 heavy (non-hydrogen) atoms. The molecule has 0 spiro atoms. The van der Waals surface area contributed by atoms with E-state index in [0.717, 1.165) is 6.42 Å². The molecule has 0 bridgehead atoms. The number of nitrogens with two attached hydrogens (primary N) is 1. The number of rotatable bonds is 4. The van der Waals surface area contributed by atoms with Gasteiger partial charge in [-0.1, -0.05) is 30.3 Å². The van der Waals surface area contributed by atoms with Gasteiger partial charge in [0.05, 0.1) is 0 Å². The fourth-order valence-corrected chi connectivity index (χ4v) is 2.44. The number of aliphatic hydroxyl groups is 1. The van der Waals surface area contributed by atoms with Crippen molar-refractivity contribution in [3.8, 4) is 0 Å². The van der Waals surface area contributed by atoms with E-state index in [1.165, 1.54) is 0 Å². The zero-order valence-electron chi connectivity index (χ0n) is 11.2. The van der Waals surface area contributed by atoms with E-state index < -0.39 is 12.1 Å². The van der Waals surface area contributed by atoms with E-state index in [1.807, 2.05) is 6.07 Å². The fourth-order valence-electron chi connectivity index (χ4n) is 2.44. The number of carbonyl (C=O) groups excluding carboxylic acids is 2. The van der Waals surface area contributed by atoms with Crippen LogP contribution in [0.25, 0.3) is 0 Å². The number of amides is 3. The number of hydrogen-bond acceptors (Lipinski definition) is 3. The highest BCUT2D eigenvalue weighted by molar-refractivity contribution is 5.87. The molecule has 2 unspecified atom stereocenters. The number of nitrogens with one attached hydrogen (secondary N) is 1. The number of carbonyl (C=O) groups is 2. The summed E-state index contributed by atoms with van der Waals surface area (Å²) < 4.78 is 0. The molecular weight excluding hydrogens is 258 g/mol. The van der Waals surface area contributed by atoms with Gasteiger partial charge in [-0.2, -0.15) is 0 Å². The number of nitrogens with zero attached hydrogens (tertiary/aromatic N) is 1. The van der Waals surface area contributed by atoms with E-state index in [2.05, 4.69) is 5.32 Å². The highest BCUT2D eigenvalue weighted by Gasteiger charge is 2.31. The molecule has 0 radical (unpaired) electrons. The summed E-state index contributed by atoms with van der Waals surface area (Å²) in [5.74, 6) is -0.0742. The van der Waals surface area contributed by atoms with Gasteiger partial charge in [0.15, 0.2) is 0 Å². The van der Waals surface area contributed by atoms with Crippen LogP contribution in [-0.2, 0) is 4.79 Å². The molecule has 1 aromatic rings. The van der Waals surface area contributed by atoms with Crippen LogP contribution in [0.4, 0.5) is 4.79 Å². The molecule has 4 N–H and O–H groups in total. The fraction of sp³-hybridized carbons (Fsp3) is 0.429. The third-order valence-corrected chi connectivity index (χ3v) is 3.52. The lowest BCUT2D eigenvalue weighted by molar-refractivity contribution is -0.132. The van der Waals surface area contributed by atoms with Crippen LogP contribution < -0.4 is 11.1 Å². The molecule has 1 aromatic carbocycles. The molecule has 3 amide bonds. The molecule has 6 nitrogen and oxygen atoms in total. The van der Waals surface area contributed by atoms with Crippen LogP contribution >= 0.6 is 0 Å². The molecular formula is C14H19N3O3. The van der Waals surface area contributed by atoms with Crippen molar-refractivity contribution < 1.29 is 14.7 Å². The van der Waals surface area contributed by atoms with E-state index >= 15 is 0 Å². The van der Waals surface area contributed by atoms with Crippen molar-refractivity contribution in [3.05, 3.63) is 35.9 Å². The smallest absolute Gasteiger partial charge is 0.313 e. The van der Waals surface area contributed by atoms with Crippen LogP contribution in [0, 0.1) is 5.92 Å². The zero-order chi connectivity index (χ0) is 14.5. The second-order valence-electron chi connectivity index (χ2n) is 4.97. The molecule has 1 saturated heterocycles. The molecule has 1 heterocycles. The van der Waals surface area contributed by atoms with Gasteiger partial charge in [-0.15, -0.1) is 0 Å². The van der Waals surface area contributed by atoms with Gasteiger partial charge in [0, 0.05) is 25.6 Å². The van der Waals surface area contributed by atoms with Crippen LogP contribution in [0.15, 0.2) is 30.3 Å². The Labute approximate surface area is 117 Å². The van der Waals surface area contributed by atoms with Crippen molar-refractivity contribution in [2.24, 2.45) is 11.7 Å². The molecule has 6 heteroatoms. The summed E-state index contributed by atoms with van der Waals surface area (Å²) in [4.78, 5) is 25.3. The number of likely N-dealkylation sites (tertiary alicyclic amines) is 1. The summed E-state index contributed by atoms with van der Waals surface area (Å²) in [6.45, 7) is 1.18. The number of primary amides is 1. The van der Waals surface area contributed by atoms with Crippen molar-refractivity contribution in [1.82, 2.24) is 10.2 Å². The third-order valence-electron chi connectivity index (χ3n) is 3.52. The monoisotopic (exact) mass is 277 g/mol. The SMILES string of the molecule is NC(=O)NC(C(=O)N1CCC(CO)C1)c1ccccc1. The minimum atomic E-state index is -0.772. The van der Waals surface area contributed by atoms with Gasteiger partial charge in [-0.25, -0.2) is 4.79 Å². The van der Waals surface area contributed by atoms with Gasteiger partial charge in [0.25, 0.3) is 0 Å². The van der Waals surface area contributed by atoms with Gasteiger partial charge in [-0.3, -0.25) is 4.79 Å². The summed E-state index contributed by atoms with van der Waals surface area (Å²) in [7, 11) is 0. The first-order valence-corrected chi connectivity index (χ1v) is 6.62. The molecule has 0 aromatic heterocycles. The number of aliphatic hydroxyl groups excluding tert-OH is 1. The van der Waals surface area contributed by atoms with Crippen LogP contribution in [0.2, 0.25) is 0 Å². The maximum absolute atomic E-state index is 12.5. The molecule has 0 saturated carbocycles. The second-order valence-corrected chi connectivity index (χ2v) is 4.97. The van der Waals surface area contributed by atoms with E-state index in [1.54, 1.807) is 29.2 Å². The van der Waals surface area contributed by atoms with E-state index in [9.17, 15) is 9.59 Å². The largest absolute Gasteiger partial charge is 0.396 e. The zero-order valence-corrected chi connectivity index (χ0v) is 11.2. The maximum atomic E-state index is 12.5. The van der Waals surface area contributed by atoms with Crippen LogP contribution in [0.3, 0.4) is 0 Å². The molecule has 0 aliphatic carbocycles. The summed E-state index contributed by atoms with van der Waals surface area (Å²) in [6.07, 6.45) is 0.778. The summed E-state index contributed by atoms with van der Waals surface area (Å²) in [5.41, 5.74) is 5.86. The van der Waals surface area contributed by atoms with E-state index in [0.29, 0.717) is 18.7 Å². The predicted octanol–water partition coefficient (Wildman–Crippen LogP) is 0.237. The van der Waals surface area contributed by atoms with Gasteiger partial charge >= 0.3 is 6.03 Å². The molecule has 108 valence electrons. The lowest BCUT2D eigenvalue weighted by Crippen LogP contribution is -2.44. The van der Waals surface area contributed by atoms with E-state index in [4.69, 9.17) is 10.8 Å². The highest BCUT2D eigenvalue weighted by Crippen LogP contribution is 2.21. The first-order valence-electron chi connectivity index (χ1n) is 6.62. The first-order chi connectivity index (χ1) is 9.61. The highest BCUT2D eigenvalue weighted by atomic mass is 16.3. The lowest BCUT2D eigenvalue weighted by atomic mass is 10.1. The van der Waals surface area contributed by atoms with Gasteiger partial charge < -0.3 is 21.1 Å². The van der Waals surface area contributed by atoms with Gasteiger partial charge in [0.1, 0.15) is 6.04 Å². The predicted molar refractivity (Wildman–Crippen MR) is 73.7 cm³/mol. The quantitative estimate of drug-likeness (QED) is 0.735. The van der Waals surface area contributed by atoms with Crippen molar-refractivity contribution in [1.29, 1.82) is 0 Å². The second kappa shape index (κ2) is 6.38. The van der Waals surface area contributed by atoms with Crippen molar-refractivity contribution in [2.75, 3.05) is 19.7 Å². The molecule has 1 aliphatic rings. The standard InChI is InChI=1S/C14H19N3O3/c15-14(20)16-12(11-4-2-1-3-5-11)13(19)17-7-6-10(8-17)9-18/h1-5,10,12,18H,6-9H2,(H3,15,16,20). The van der Waals surface area contributed by atoms with Crippen LogP contribution in [-0.4, -0.2) is 41.6 Å². The number of urea groups is 1. The van der Waals surface area contributed by atoms with Crippen molar-refractivity contribution in [3.63, 3.8) is 0 Å². The number of hydrogen-bond donors (Lipinski definition) is 3. The minimum Gasteiger partial charge on any atom is -0.396 e. The van der Waals surface area contributed by atoms with Crippen LogP contribution in [0.1, 0.15) is 18.0 Å². The molecule has 2 rings (SSSR count). The topological polar surface area (TPSA) is 95.7 Å². The Hall–Kier alpha value is -2.08. The Morgan fingerprint density at radius 2 is 2.10 bits per heavy atom. The average molecular weight is 277 g/mol. The van der Waals surface area contributed by atoms with E-state index in [-0.39, 0.29) is 18.4 Å². The van der Waals surface area contributed by atoms with Gasteiger partial charge in [-0.05, 0) is 12.0 Å². The Kier molecular flexibility index (Phi) is 4.57. The minimum absolute atomic E-state index is 0.0725. The Morgan fingerprint density at radius 1 is 1.40 bits per heavy atom. The Balaban J connectivity index is 2.15. The Bertz CT molecular complexity index is 478. The molecule has 2 atom stereocenters. The third kappa shape index (κ3) is 3.27. The first kappa shape index (κ1) is 14.3. The maximum Gasteiger partial charge on any atom is 0.313 e. The van der Waals surface area contributed by atoms with Crippen molar-refractivity contribution in [2.45, 2.75) is 12.5 Å². The molecule has 1 aliphatic heterocycles. The Morgan fingerprint density at radius 3 is 2.65 bits per heavy atom. The summed E-state index contributed by atoms with van der Waals surface area (Å²) in [6, 6.07) is 7.50. The van der Waals surface area contributed by atoms with Crippen molar-refractivity contribution >= 4 is 11.9 Å². The number of benzene rings is 1. The average Bonchev–Trinajstić information content (AvgIpc) is 2.94. The molecule has 1 fully saturated rings.